The summed E-state index contributed by atoms with van der Waals surface area (Å²) in [5.41, 5.74) is 2.85. The molecule has 1 unspecified atom stereocenters. The van der Waals surface area contributed by atoms with Crippen molar-refractivity contribution in [1.29, 1.82) is 0 Å². The molecule has 30 heavy (non-hydrogen) atoms. The van der Waals surface area contributed by atoms with E-state index in [1.807, 2.05) is 54.6 Å². The normalized spacial score (nSPS) is 14.9. The molecule has 0 saturated heterocycles. The molecule has 0 N–H and O–H groups in total. The smallest absolute Gasteiger partial charge is 0.245 e. The quantitative estimate of drug-likeness (QED) is 0.603. The number of hydrogen-bond donors (Lipinski definition) is 0. The third kappa shape index (κ3) is 4.28. The van der Waals surface area contributed by atoms with E-state index in [2.05, 4.69) is 10.1 Å². The van der Waals surface area contributed by atoms with Crippen molar-refractivity contribution in [2.24, 2.45) is 0 Å². The van der Waals surface area contributed by atoms with Gasteiger partial charge in [-0.05, 0) is 37.0 Å². The zero-order valence-corrected chi connectivity index (χ0v) is 17.5. The number of carbonyl (C=O) groups excluding carboxylic acids is 1. The van der Waals surface area contributed by atoms with Crippen LogP contribution in [0.15, 0.2) is 59.1 Å². The van der Waals surface area contributed by atoms with Crippen LogP contribution in [0.2, 0.25) is 0 Å². The lowest BCUT2D eigenvalue weighted by molar-refractivity contribution is -0.118. The fourth-order valence-corrected chi connectivity index (χ4v) is 4.78. The van der Waals surface area contributed by atoms with Crippen molar-refractivity contribution in [1.82, 2.24) is 10.1 Å². The number of aryl methyl sites for hydroxylation is 1. The molecular weight excluding hydrogens is 402 g/mol. The molecule has 0 saturated carbocycles. The van der Waals surface area contributed by atoms with Crippen LogP contribution in [0.1, 0.15) is 36.2 Å². The predicted molar refractivity (Wildman–Crippen MR) is 113 cm³/mol. The lowest BCUT2D eigenvalue weighted by Crippen LogP contribution is -2.44. The lowest BCUT2D eigenvalue weighted by atomic mass is 10.0. The van der Waals surface area contributed by atoms with Gasteiger partial charge in [-0.25, -0.2) is 8.42 Å². The van der Waals surface area contributed by atoms with Gasteiger partial charge in [-0.1, -0.05) is 53.7 Å². The van der Waals surface area contributed by atoms with Crippen LogP contribution in [-0.2, 0) is 33.2 Å². The minimum Gasteiger partial charge on any atom is -0.338 e. The summed E-state index contributed by atoms with van der Waals surface area (Å²) in [5.74, 6) is -0.474. The van der Waals surface area contributed by atoms with E-state index in [-0.39, 0.29) is 5.89 Å². The van der Waals surface area contributed by atoms with Gasteiger partial charge < -0.3 is 9.42 Å². The van der Waals surface area contributed by atoms with Crippen molar-refractivity contribution in [3.63, 3.8) is 0 Å². The van der Waals surface area contributed by atoms with Gasteiger partial charge in [0.1, 0.15) is 11.0 Å². The Morgan fingerprint density at radius 1 is 1.13 bits per heavy atom. The van der Waals surface area contributed by atoms with Gasteiger partial charge in [0.15, 0.2) is 15.7 Å². The van der Waals surface area contributed by atoms with Crippen LogP contribution in [0.5, 0.6) is 0 Å². The fraction of sp³-hybridized carbons (Fsp3) is 0.318. The summed E-state index contributed by atoms with van der Waals surface area (Å²) in [7, 11) is -3.81. The average molecular weight is 426 g/mol. The van der Waals surface area contributed by atoms with Crippen LogP contribution >= 0.6 is 0 Å². The first-order chi connectivity index (χ1) is 14.4. The molecule has 1 aromatic heterocycles. The van der Waals surface area contributed by atoms with E-state index in [0.29, 0.717) is 18.8 Å². The number of hydrogen-bond acceptors (Lipinski definition) is 6. The number of nitrogens with zero attached hydrogens (tertiary/aromatic N) is 3. The van der Waals surface area contributed by atoms with Crippen molar-refractivity contribution < 1.29 is 17.7 Å². The summed E-state index contributed by atoms with van der Waals surface area (Å²) in [6.07, 6.45) is 2.14. The standard InChI is InChI=1S/C22H23N3O4S/c1-16(22(26)25-13-7-11-18-10-5-6-12-19(18)25)30(27,28)15-21-23-20(24-29-21)14-17-8-3-2-4-9-17/h2-6,8-10,12,16H,7,11,13-15H2,1H3. The number of carbonyl (C=O) groups is 1. The summed E-state index contributed by atoms with van der Waals surface area (Å²) in [5, 5.41) is 2.67. The third-order valence-corrected chi connectivity index (χ3v) is 7.23. The highest BCUT2D eigenvalue weighted by atomic mass is 32.2. The van der Waals surface area contributed by atoms with E-state index in [1.54, 1.807) is 4.90 Å². The van der Waals surface area contributed by atoms with E-state index >= 15 is 0 Å². The Morgan fingerprint density at radius 2 is 1.87 bits per heavy atom. The van der Waals surface area contributed by atoms with Crippen molar-refractivity contribution >= 4 is 21.4 Å². The summed E-state index contributed by atoms with van der Waals surface area (Å²) in [4.78, 5) is 18.8. The molecule has 0 aliphatic carbocycles. The first-order valence-electron chi connectivity index (χ1n) is 9.90. The molecule has 8 heteroatoms. The van der Waals surface area contributed by atoms with Gasteiger partial charge in [0.05, 0.1) is 0 Å². The second kappa shape index (κ2) is 8.39. The maximum Gasteiger partial charge on any atom is 0.245 e. The number of sulfone groups is 1. The molecule has 156 valence electrons. The van der Waals surface area contributed by atoms with Crippen LogP contribution in [-0.4, -0.2) is 36.3 Å². The number of rotatable bonds is 6. The minimum absolute atomic E-state index is 0.000347. The molecule has 3 aromatic rings. The van der Waals surface area contributed by atoms with Crippen LogP contribution in [0, 0.1) is 0 Å². The summed E-state index contributed by atoms with van der Waals surface area (Å²) in [6.45, 7) is 1.94. The topological polar surface area (TPSA) is 93.4 Å². The molecule has 1 atom stereocenters. The van der Waals surface area contributed by atoms with E-state index < -0.39 is 26.7 Å². The summed E-state index contributed by atoms with van der Waals surface area (Å²) in [6, 6.07) is 17.2. The van der Waals surface area contributed by atoms with Crippen LogP contribution in [0.25, 0.3) is 0 Å². The highest BCUT2D eigenvalue weighted by Gasteiger charge is 2.35. The number of anilines is 1. The second-order valence-corrected chi connectivity index (χ2v) is 9.76. The molecular formula is C22H23N3O4S. The van der Waals surface area contributed by atoms with Crippen molar-refractivity contribution in [2.75, 3.05) is 11.4 Å². The van der Waals surface area contributed by atoms with Gasteiger partial charge in [-0.3, -0.25) is 4.79 Å². The number of fused-ring (bicyclic) bond motifs is 1. The molecule has 1 aliphatic rings. The molecule has 2 heterocycles. The van der Waals surface area contributed by atoms with Gasteiger partial charge in [0.25, 0.3) is 0 Å². The Morgan fingerprint density at radius 3 is 2.67 bits per heavy atom. The van der Waals surface area contributed by atoms with Gasteiger partial charge in [0, 0.05) is 18.7 Å². The Hall–Kier alpha value is -3.00. The molecule has 2 aromatic carbocycles. The molecule has 0 bridgehead atoms. The van der Waals surface area contributed by atoms with Crippen LogP contribution < -0.4 is 4.90 Å². The van der Waals surface area contributed by atoms with E-state index in [0.717, 1.165) is 29.7 Å². The highest BCUT2D eigenvalue weighted by Crippen LogP contribution is 2.28. The first-order valence-corrected chi connectivity index (χ1v) is 11.6. The van der Waals surface area contributed by atoms with Crippen LogP contribution in [0.4, 0.5) is 5.69 Å². The van der Waals surface area contributed by atoms with Gasteiger partial charge in [0.2, 0.25) is 11.8 Å². The maximum absolute atomic E-state index is 13.0. The Bertz CT molecular complexity index is 1140. The molecule has 4 rings (SSSR count). The summed E-state index contributed by atoms with van der Waals surface area (Å²) < 4.78 is 30.9. The van der Waals surface area contributed by atoms with Crippen molar-refractivity contribution in [2.45, 2.75) is 37.2 Å². The number of benzene rings is 2. The zero-order valence-electron chi connectivity index (χ0n) is 16.7. The van der Waals surface area contributed by atoms with Crippen molar-refractivity contribution in [3.8, 4) is 0 Å². The van der Waals surface area contributed by atoms with E-state index in [9.17, 15) is 13.2 Å². The molecule has 1 amide bonds. The largest absolute Gasteiger partial charge is 0.338 e. The van der Waals surface area contributed by atoms with Crippen LogP contribution in [0.3, 0.4) is 0 Å². The fourth-order valence-electron chi connectivity index (χ4n) is 3.63. The highest BCUT2D eigenvalue weighted by molar-refractivity contribution is 7.92. The third-order valence-electron chi connectivity index (χ3n) is 5.30. The summed E-state index contributed by atoms with van der Waals surface area (Å²) >= 11 is 0. The molecule has 0 radical (unpaired) electrons. The zero-order chi connectivity index (χ0) is 21.1. The Kier molecular flexibility index (Phi) is 5.67. The molecule has 0 fully saturated rings. The van der Waals surface area contributed by atoms with Gasteiger partial charge >= 0.3 is 0 Å². The molecule has 1 aliphatic heterocycles. The number of amides is 1. The SMILES string of the molecule is CC(C(=O)N1CCCc2ccccc21)S(=O)(=O)Cc1nc(Cc2ccccc2)no1. The maximum atomic E-state index is 13.0. The van der Waals surface area contributed by atoms with E-state index in [4.69, 9.17) is 4.52 Å². The molecule has 0 spiro atoms. The first kappa shape index (κ1) is 20.3. The number of para-hydroxylation sites is 1. The Balaban J connectivity index is 1.47. The van der Waals surface area contributed by atoms with Gasteiger partial charge in [-0.2, -0.15) is 4.98 Å². The average Bonchev–Trinajstić information content (AvgIpc) is 3.18. The predicted octanol–water partition coefficient (Wildman–Crippen LogP) is 2.94. The van der Waals surface area contributed by atoms with Crippen molar-refractivity contribution in [3.05, 3.63) is 77.4 Å². The molecule has 7 nitrogen and oxygen atoms in total. The van der Waals surface area contributed by atoms with Gasteiger partial charge in [-0.15, -0.1) is 0 Å². The van der Waals surface area contributed by atoms with E-state index in [1.165, 1.54) is 6.92 Å². The lowest BCUT2D eigenvalue weighted by Gasteiger charge is -2.31. The monoisotopic (exact) mass is 425 g/mol. The Labute approximate surface area is 175 Å². The minimum atomic E-state index is -3.81. The number of aromatic nitrogens is 2. The second-order valence-electron chi connectivity index (χ2n) is 7.44.